The Balaban J connectivity index is 0.000000880. The number of allylic oxidation sites excluding steroid dienone is 18. The molecule has 0 saturated heterocycles. The molecule has 0 unspecified atom stereocenters. The van der Waals surface area contributed by atoms with Crippen molar-refractivity contribution in [2.45, 2.75) is 109 Å². The Morgan fingerprint density at radius 2 is 1.24 bits per heavy atom. The predicted octanol–water partition coefficient (Wildman–Crippen LogP) is 11.6. The fourth-order valence-electron chi connectivity index (χ4n) is 5.06. The molecule has 0 heterocycles. The van der Waals surface area contributed by atoms with Gasteiger partial charge in [0.25, 0.3) is 0 Å². The van der Waals surface area contributed by atoms with Crippen LogP contribution in [-0.2, 0) is 19.1 Å². The van der Waals surface area contributed by atoms with Crippen LogP contribution >= 0.6 is 0 Å². The lowest BCUT2D eigenvalue weighted by Crippen LogP contribution is -2.19. The van der Waals surface area contributed by atoms with Crippen LogP contribution in [0.15, 0.2) is 117 Å². The summed E-state index contributed by atoms with van der Waals surface area (Å²) >= 11 is 0. The van der Waals surface area contributed by atoms with Gasteiger partial charge in [0.15, 0.2) is 0 Å². The van der Waals surface area contributed by atoms with Crippen molar-refractivity contribution >= 4 is 11.9 Å². The van der Waals surface area contributed by atoms with Gasteiger partial charge in [0.05, 0.1) is 14.2 Å². The second-order valence-corrected chi connectivity index (χ2v) is 13.8. The number of rotatable bonds is 11. The van der Waals surface area contributed by atoms with Crippen LogP contribution in [0.3, 0.4) is 0 Å². The third-order valence-corrected chi connectivity index (χ3v) is 7.90. The molecule has 0 atom stereocenters. The van der Waals surface area contributed by atoms with E-state index >= 15 is 0 Å². The minimum absolute atomic E-state index is 0.145. The van der Waals surface area contributed by atoms with E-state index in [0.29, 0.717) is 0 Å². The lowest BCUT2D eigenvalue weighted by atomic mass is 9.72. The van der Waals surface area contributed by atoms with Gasteiger partial charge >= 0.3 is 11.9 Å². The highest BCUT2D eigenvalue weighted by molar-refractivity contribution is 5.83. The second kappa shape index (κ2) is 21.2. The van der Waals surface area contributed by atoms with Gasteiger partial charge in [0.1, 0.15) is 0 Å². The third-order valence-electron chi connectivity index (χ3n) is 7.90. The molecule has 46 heavy (non-hydrogen) atoms. The van der Waals surface area contributed by atoms with Crippen LogP contribution < -0.4 is 0 Å². The molecule has 0 aromatic carbocycles. The number of carbonyl (C=O) groups is 2. The quantitative estimate of drug-likeness (QED) is 0.129. The zero-order chi connectivity index (χ0) is 35.5. The van der Waals surface area contributed by atoms with E-state index in [1.165, 1.54) is 73.5 Å². The molecule has 0 aliphatic heterocycles. The number of esters is 2. The van der Waals surface area contributed by atoms with E-state index in [-0.39, 0.29) is 22.8 Å². The molecule has 0 aromatic heterocycles. The van der Waals surface area contributed by atoms with Crippen LogP contribution in [0.2, 0.25) is 0 Å². The van der Waals surface area contributed by atoms with Crippen LogP contribution in [0.25, 0.3) is 0 Å². The Morgan fingerprint density at radius 3 is 1.65 bits per heavy atom. The third kappa shape index (κ3) is 17.7. The smallest absolute Gasteiger partial charge is 0.330 e. The molecule has 1 aliphatic carbocycles. The summed E-state index contributed by atoms with van der Waals surface area (Å²) in [6.07, 6.45) is 28.4. The fourth-order valence-corrected chi connectivity index (χ4v) is 5.06. The van der Waals surface area contributed by atoms with E-state index in [1.54, 1.807) is 0 Å². The number of ether oxygens (including phenoxy) is 2. The first-order valence-electron chi connectivity index (χ1n) is 16.4. The van der Waals surface area contributed by atoms with Crippen molar-refractivity contribution in [2.75, 3.05) is 14.2 Å². The molecule has 0 amide bonds. The molecule has 0 aromatic rings. The normalized spacial score (nSPS) is 17.5. The molecule has 0 saturated carbocycles. The Kier molecular flexibility index (Phi) is 19.5. The SMILES string of the molecule is CC/C(C)=C(/C=C/C(C)=C/C=C/C(C)=C/C(=O)OC)C(C)(C)C.COC(=O)/C=C(C)/C=C/C=C(C)/C=C/C1=C(C)CCCC1(C)C. The number of methoxy groups -OCH3 is 2. The van der Waals surface area contributed by atoms with E-state index in [4.69, 9.17) is 0 Å². The van der Waals surface area contributed by atoms with Crippen molar-refractivity contribution < 1.29 is 19.1 Å². The monoisotopic (exact) mass is 630 g/mol. The summed E-state index contributed by atoms with van der Waals surface area (Å²) in [7, 11) is 2.76. The first-order valence-corrected chi connectivity index (χ1v) is 16.4. The van der Waals surface area contributed by atoms with Crippen LogP contribution in [0.5, 0.6) is 0 Å². The Labute approximate surface area is 281 Å². The maximum Gasteiger partial charge on any atom is 0.330 e. The molecule has 4 nitrogen and oxygen atoms in total. The standard InChI is InChI=1S/C21H30O2.C21H32O2/c1-16(9-7-10-17(2)15-20(22)23-6)12-13-19-18(3)11-8-14-21(19,4)5;1-9-18(4)19(21(5,6)7)14-13-16(2)11-10-12-17(3)15-20(22)23-8/h7,9-10,12-13,15H,8,11,14H2,1-6H3;10-15H,9H2,1-8H3/b10-7+,13-12+,16-9+,17-15+;12-10+,14-13+,16-11+,17-15+,19-18-. The van der Waals surface area contributed by atoms with Gasteiger partial charge in [-0.15, -0.1) is 0 Å². The lowest BCUT2D eigenvalue weighted by Gasteiger charge is -2.32. The largest absolute Gasteiger partial charge is 0.466 e. The van der Waals surface area contributed by atoms with Gasteiger partial charge in [-0.25, -0.2) is 9.59 Å². The van der Waals surface area contributed by atoms with Crippen molar-refractivity contribution in [3.63, 3.8) is 0 Å². The highest BCUT2D eigenvalue weighted by atomic mass is 16.5. The summed E-state index contributed by atoms with van der Waals surface area (Å²) in [6, 6.07) is 0. The number of carbonyl (C=O) groups excluding carboxylic acids is 2. The molecule has 0 bridgehead atoms. The zero-order valence-electron chi connectivity index (χ0n) is 31.4. The first kappa shape index (κ1) is 42.3. The lowest BCUT2D eigenvalue weighted by molar-refractivity contribution is -0.135. The van der Waals surface area contributed by atoms with E-state index in [1.807, 2.05) is 44.2 Å². The topological polar surface area (TPSA) is 52.6 Å². The summed E-state index contributed by atoms with van der Waals surface area (Å²) in [4.78, 5) is 22.2. The van der Waals surface area contributed by atoms with E-state index in [0.717, 1.165) is 23.1 Å². The predicted molar refractivity (Wildman–Crippen MR) is 198 cm³/mol. The van der Waals surface area contributed by atoms with E-state index < -0.39 is 0 Å². The van der Waals surface area contributed by atoms with Gasteiger partial charge in [0, 0.05) is 12.2 Å². The number of hydrogen-bond acceptors (Lipinski definition) is 4. The minimum atomic E-state index is -0.331. The van der Waals surface area contributed by atoms with E-state index in [2.05, 4.69) is 109 Å². The van der Waals surface area contributed by atoms with Crippen LogP contribution in [0.4, 0.5) is 0 Å². The molecular formula is C42H62O4. The van der Waals surface area contributed by atoms with Crippen LogP contribution in [-0.4, -0.2) is 26.2 Å². The summed E-state index contributed by atoms with van der Waals surface area (Å²) in [5.41, 5.74) is 10.3. The van der Waals surface area contributed by atoms with Crippen molar-refractivity contribution in [3.05, 3.63) is 117 Å². The molecular weight excluding hydrogens is 568 g/mol. The zero-order valence-corrected chi connectivity index (χ0v) is 31.4. The second-order valence-electron chi connectivity index (χ2n) is 13.8. The van der Waals surface area contributed by atoms with Crippen molar-refractivity contribution in [1.82, 2.24) is 0 Å². The number of hydrogen-bond donors (Lipinski definition) is 0. The van der Waals surface area contributed by atoms with Crippen LogP contribution in [0.1, 0.15) is 109 Å². The van der Waals surface area contributed by atoms with Crippen molar-refractivity contribution in [3.8, 4) is 0 Å². The molecule has 254 valence electrons. The van der Waals surface area contributed by atoms with Crippen molar-refractivity contribution in [1.29, 1.82) is 0 Å². The maximum absolute atomic E-state index is 11.1. The Hall–Kier alpha value is -3.66. The summed E-state index contributed by atoms with van der Waals surface area (Å²) in [6.45, 7) is 25.9. The minimum Gasteiger partial charge on any atom is -0.466 e. The van der Waals surface area contributed by atoms with Gasteiger partial charge in [-0.1, -0.05) is 125 Å². The Bertz CT molecular complexity index is 1260. The molecule has 1 rings (SSSR count). The molecule has 0 spiro atoms. The van der Waals surface area contributed by atoms with Gasteiger partial charge in [-0.05, 0) is 100 Å². The van der Waals surface area contributed by atoms with Crippen LogP contribution in [0, 0.1) is 10.8 Å². The van der Waals surface area contributed by atoms with Gasteiger partial charge in [-0.3, -0.25) is 0 Å². The molecule has 0 N–H and O–H groups in total. The maximum atomic E-state index is 11.1. The van der Waals surface area contributed by atoms with Gasteiger partial charge in [-0.2, -0.15) is 0 Å². The fraction of sp³-hybridized carbons (Fsp3) is 0.476. The molecule has 4 heteroatoms. The summed E-state index contributed by atoms with van der Waals surface area (Å²) in [5, 5.41) is 0. The molecule has 0 radical (unpaired) electrons. The highest BCUT2D eigenvalue weighted by Gasteiger charge is 2.26. The van der Waals surface area contributed by atoms with E-state index in [9.17, 15) is 9.59 Å². The Morgan fingerprint density at radius 1 is 0.761 bits per heavy atom. The average Bonchev–Trinajstić information content (AvgIpc) is 2.95. The van der Waals surface area contributed by atoms with Gasteiger partial charge < -0.3 is 9.47 Å². The summed E-state index contributed by atoms with van der Waals surface area (Å²) in [5.74, 6) is -0.655. The molecule has 1 aliphatic rings. The first-order chi connectivity index (χ1) is 21.4. The average molecular weight is 631 g/mol. The van der Waals surface area contributed by atoms with Gasteiger partial charge in [0.2, 0.25) is 0 Å². The van der Waals surface area contributed by atoms with Crippen molar-refractivity contribution in [2.24, 2.45) is 10.8 Å². The molecule has 0 fully saturated rings. The highest BCUT2D eigenvalue weighted by Crippen LogP contribution is 2.40. The summed E-state index contributed by atoms with van der Waals surface area (Å²) < 4.78 is 9.20.